The van der Waals surface area contributed by atoms with E-state index in [1.807, 2.05) is 54.8 Å². The number of amides is 1. The molecular weight excluding hydrogens is 332 g/mol. The number of hydrogen-bond acceptors (Lipinski definition) is 5. The number of fused-ring (bicyclic) bond motifs is 1. The first-order valence-electron chi connectivity index (χ1n) is 6.67. The van der Waals surface area contributed by atoms with Crippen molar-refractivity contribution in [1.82, 2.24) is 4.98 Å². The van der Waals surface area contributed by atoms with Crippen molar-refractivity contribution in [2.75, 3.05) is 17.3 Å². The highest BCUT2D eigenvalue weighted by Crippen LogP contribution is 2.30. The van der Waals surface area contributed by atoms with Gasteiger partial charge >= 0.3 is 0 Å². The van der Waals surface area contributed by atoms with Crippen LogP contribution in [0.25, 0.3) is 10.2 Å². The van der Waals surface area contributed by atoms with Gasteiger partial charge in [-0.05, 0) is 30.5 Å². The van der Waals surface area contributed by atoms with Crippen LogP contribution in [0.5, 0.6) is 0 Å². The third-order valence-corrected chi connectivity index (χ3v) is 5.96. The molecule has 1 N–H and O–H groups in total. The fraction of sp³-hybridized carbons (Fsp3) is 0.125. The highest BCUT2D eigenvalue weighted by Gasteiger charge is 2.09. The third kappa shape index (κ3) is 3.63. The molecule has 22 heavy (non-hydrogen) atoms. The average Bonchev–Trinajstić information content (AvgIpc) is 2.96. The number of rotatable bonds is 5. The SMILES string of the molecule is CSc1ccccc1NC(=O)CSc1nc2ccccc2s1. The van der Waals surface area contributed by atoms with Gasteiger partial charge in [-0.2, -0.15) is 0 Å². The summed E-state index contributed by atoms with van der Waals surface area (Å²) in [6.45, 7) is 0. The number of carbonyl (C=O) groups is 1. The van der Waals surface area contributed by atoms with Gasteiger partial charge in [0.25, 0.3) is 0 Å². The Morgan fingerprint density at radius 2 is 1.95 bits per heavy atom. The zero-order chi connectivity index (χ0) is 15.4. The number of carbonyl (C=O) groups excluding carboxylic acids is 1. The number of para-hydroxylation sites is 2. The van der Waals surface area contributed by atoms with Crippen molar-refractivity contribution in [2.45, 2.75) is 9.24 Å². The Hall–Kier alpha value is -1.50. The van der Waals surface area contributed by atoms with Gasteiger partial charge in [-0.1, -0.05) is 36.0 Å². The van der Waals surface area contributed by atoms with E-state index < -0.39 is 0 Å². The molecule has 0 spiro atoms. The van der Waals surface area contributed by atoms with Crippen molar-refractivity contribution < 1.29 is 4.79 Å². The molecule has 0 aliphatic heterocycles. The van der Waals surface area contributed by atoms with Crippen LogP contribution in [-0.4, -0.2) is 22.9 Å². The molecule has 0 bridgehead atoms. The molecule has 0 saturated carbocycles. The molecule has 6 heteroatoms. The minimum Gasteiger partial charge on any atom is -0.324 e. The maximum Gasteiger partial charge on any atom is 0.234 e. The van der Waals surface area contributed by atoms with Gasteiger partial charge in [-0.3, -0.25) is 4.79 Å². The van der Waals surface area contributed by atoms with Crippen molar-refractivity contribution in [3.05, 3.63) is 48.5 Å². The number of hydrogen-bond donors (Lipinski definition) is 1. The van der Waals surface area contributed by atoms with Crippen molar-refractivity contribution >= 4 is 56.7 Å². The van der Waals surface area contributed by atoms with Crippen molar-refractivity contribution in [1.29, 1.82) is 0 Å². The summed E-state index contributed by atoms with van der Waals surface area (Å²) in [4.78, 5) is 17.7. The summed E-state index contributed by atoms with van der Waals surface area (Å²) in [6, 6.07) is 15.8. The number of thioether (sulfide) groups is 2. The monoisotopic (exact) mass is 346 g/mol. The highest BCUT2D eigenvalue weighted by molar-refractivity contribution is 8.01. The number of aromatic nitrogens is 1. The molecule has 2 aromatic carbocycles. The minimum atomic E-state index is -0.00856. The van der Waals surface area contributed by atoms with Crippen LogP contribution in [0.2, 0.25) is 0 Å². The topological polar surface area (TPSA) is 42.0 Å². The Morgan fingerprint density at radius 1 is 1.18 bits per heavy atom. The van der Waals surface area contributed by atoms with Crippen LogP contribution in [0.4, 0.5) is 5.69 Å². The lowest BCUT2D eigenvalue weighted by molar-refractivity contribution is -0.113. The lowest BCUT2D eigenvalue weighted by Crippen LogP contribution is -2.14. The molecule has 0 atom stereocenters. The zero-order valence-corrected chi connectivity index (χ0v) is 14.4. The summed E-state index contributed by atoms with van der Waals surface area (Å²) >= 11 is 4.72. The van der Waals surface area contributed by atoms with Crippen LogP contribution in [-0.2, 0) is 4.79 Å². The Kier molecular flexibility index (Phi) is 5.02. The van der Waals surface area contributed by atoms with Gasteiger partial charge in [0, 0.05) is 4.90 Å². The van der Waals surface area contributed by atoms with Gasteiger partial charge in [0.2, 0.25) is 5.91 Å². The number of nitrogens with zero attached hydrogens (tertiary/aromatic N) is 1. The summed E-state index contributed by atoms with van der Waals surface area (Å²) in [7, 11) is 0. The van der Waals surface area contributed by atoms with E-state index in [4.69, 9.17) is 0 Å². The Labute approximate surface area is 141 Å². The van der Waals surface area contributed by atoms with Crippen LogP contribution >= 0.6 is 34.9 Å². The number of nitrogens with one attached hydrogen (secondary N) is 1. The molecule has 3 rings (SSSR count). The van der Waals surface area contributed by atoms with Crippen LogP contribution in [0.1, 0.15) is 0 Å². The van der Waals surface area contributed by atoms with E-state index >= 15 is 0 Å². The molecule has 0 unspecified atom stereocenters. The Bertz CT molecular complexity index is 768. The quantitative estimate of drug-likeness (QED) is 0.677. The second kappa shape index (κ2) is 7.17. The molecule has 3 aromatic rings. The standard InChI is InChI=1S/C16H14N2OS3/c1-20-13-8-4-2-6-11(13)17-15(19)10-21-16-18-12-7-3-5-9-14(12)22-16/h2-9H,10H2,1H3,(H,17,19). The maximum atomic E-state index is 12.1. The van der Waals surface area contributed by atoms with E-state index in [0.29, 0.717) is 5.75 Å². The molecule has 0 aliphatic rings. The van der Waals surface area contributed by atoms with Crippen LogP contribution in [0.3, 0.4) is 0 Å². The number of benzene rings is 2. The fourth-order valence-corrected chi connectivity index (χ4v) is 4.40. The van der Waals surface area contributed by atoms with Gasteiger partial charge in [-0.25, -0.2) is 4.98 Å². The molecule has 0 aliphatic carbocycles. The van der Waals surface area contributed by atoms with Gasteiger partial charge in [0.15, 0.2) is 4.34 Å². The third-order valence-electron chi connectivity index (χ3n) is 2.98. The van der Waals surface area contributed by atoms with E-state index in [-0.39, 0.29) is 5.91 Å². The molecule has 0 saturated heterocycles. The number of anilines is 1. The maximum absolute atomic E-state index is 12.1. The van der Waals surface area contributed by atoms with E-state index in [2.05, 4.69) is 10.3 Å². The van der Waals surface area contributed by atoms with Gasteiger partial charge < -0.3 is 5.32 Å². The largest absolute Gasteiger partial charge is 0.324 e. The average molecular weight is 347 g/mol. The predicted octanol–water partition coefficient (Wildman–Crippen LogP) is 4.75. The lowest BCUT2D eigenvalue weighted by atomic mass is 10.3. The zero-order valence-electron chi connectivity index (χ0n) is 11.9. The van der Waals surface area contributed by atoms with Crippen molar-refractivity contribution in [2.24, 2.45) is 0 Å². The normalized spacial score (nSPS) is 10.8. The fourth-order valence-electron chi connectivity index (χ4n) is 1.97. The summed E-state index contributed by atoms with van der Waals surface area (Å²) in [5.41, 5.74) is 1.85. The number of thiazole rings is 1. The van der Waals surface area contributed by atoms with Gasteiger partial charge in [-0.15, -0.1) is 23.1 Å². The molecule has 0 radical (unpaired) electrons. The van der Waals surface area contributed by atoms with Crippen LogP contribution < -0.4 is 5.32 Å². The predicted molar refractivity (Wildman–Crippen MR) is 97.2 cm³/mol. The molecule has 1 aromatic heterocycles. The Balaban J connectivity index is 1.62. The molecule has 0 fully saturated rings. The molecule has 1 amide bonds. The van der Waals surface area contributed by atoms with E-state index in [0.717, 1.165) is 25.1 Å². The smallest absolute Gasteiger partial charge is 0.234 e. The molecule has 1 heterocycles. The van der Waals surface area contributed by atoms with Crippen LogP contribution in [0.15, 0.2) is 57.8 Å². The van der Waals surface area contributed by atoms with Crippen molar-refractivity contribution in [3.8, 4) is 0 Å². The highest BCUT2D eigenvalue weighted by atomic mass is 32.2. The summed E-state index contributed by atoms with van der Waals surface area (Å²) in [5, 5.41) is 2.96. The first-order chi connectivity index (χ1) is 10.8. The van der Waals surface area contributed by atoms with E-state index in [1.165, 1.54) is 11.8 Å². The molecule has 3 nitrogen and oxygen atoms in total. The lowest BCUT2D eigenvalue weighted by Gasteiger charge is -2.08. The van der Waals surface area contributed by atoms with E-state index in [1.54, 1.807) is 23.1 Å². The first-order valence-corrected chi connectivity index (χ1v) is 9.70. The minimum absolute atomic E-state index is 0.00856. The Morgan fingerprint density at radius 3 is 2.77 bits per heavy atom. The summed E-state index contributed by atoms with van der Waals surface area (Å²) < 4.78 is 2.08. The first kappa shape index (κ1) is 15.4. The van der Waals surface area contributed by atoms with E-state index in [9.17, 15) is 4.79 Å². The second-order valence-corrected chi connectivity index (χ2v) is 7.59. The van der Waals surface area contributed by atoms with Crippen LogP contribution in [0, 0.1) is 0 Å². The molecular formula is C16H14N2OS3. The van der Waals surface area contributed by atoms with Gasteiger partial charge in [0.1, 0.15) is 0 Å². The second-order valence-electron chi connectivity index (χ2n) is 4.48. The summed E-state index contributed by atoms with van der Waals surface area (Å²) in [6.07, 6.45) is 2.00. The van der Waals surface area contributed by atoms with Gasteiger partial charge in [0.05, 0.1) is 21.7 Å². The summed E-state index contributed by atoms with van der Waals surface area (Å²) in [5.74, 6) is 0.355. The molecule has 112 valence electrons. The van der Waals surface area contributed by atoms with Crippen molar-refractivity contribution in [3.63, 3.8) is 0 Å².